The molecule has 0 amide bonds. The highest BCUT2D eigenvalue weighted by molar-refractivity contribution is 9.11. The highest BCUT2D eigenvalue weighted by Crippen LogP contribution is 2.30. The Hall–Kier alpha value is -1.13. The van der Waals surface area contributed by atoms with E-state index in [2.05, 4.69) is 15.9 Å². The van der Waals surface area contributed by atoms with Crippen molar-refractivity contribution in [3.05, 3.63) is 50.1 Å². The van der Waals surface area contributed by atoms with E-state index in [4.69, 9.17) is 4.74 Å². The lowest BCUT2D eigenvalue weighted by molar-refractivity contribution is 0.103. The molecule has 0 saturated carbocycles. The molecule has 0 fully saturated rings. The lowest BCUT2D eigenvalue weighted by Crippen LogP contribution is -2.01. The summed E-state index contributed by atoms with van der Waals surface area (Å²) in [6.45, 7) is 1.97. The summed E-state index contributed by atoms with van der Waals surface area (Å²) in [6, 6.07) is 9.16. The van der Waals surface area contributed by atoms with E-state index in [1.165, 1.54) is 11.3 Å². The summed E-state index contributed by atoms with van der Waals surface area (Å²) in [5.41, 5.74) is 1.68. The summed E-state index contributed by atoms with van der Waals surface area (Å²) in [5, 5.41) is 0. The minimum Gasteiger partial charge on any atom is -0.496 e. The summed E-state index contributed by atoms with van der Waals surface area (Å²) in [6.07, 6.45) is 0. The average molecular weight is 311 g/mol. The number of hydrogen-bond donors (Lipinski definition) is 0. The Morgan fingerprint density at radius 2 is 2.06 bits per heavy atom. The van der Waals surface area contributed by atoms with Crippen LogP contribution in [0.15, 0.2) is 34.1 Å². The normalized spacial score (nSPS) is 10.3. The fourth-order valence-corrected chi connectivity index (χ4v) is 3.03. The monoisotopic (exact) mass is 310 g/mol. The molecule has 2 rings (SSSR count). The van der Waals surface area contributed by atoms with E-state index in [1.54, 1.807) is 19.2 Å². The molecule has 0 bridgehead atoms. The topological polar surface area (TPSA) is 26.3 Å². The third kappa shape index (κ3) is 2.42. The van der Waals surface area contributed by atoms with Crippen LogP contribution < -0.4 is 4.74 Å². The highest BCUT2D eigenvalue weighted by atomic mass is 79.9. The maximum atomic E-state index is 12.3. The van der Waals surface area contributed by atoms with Gasteiger partial charge in [-0.2, -0.15) is 0 Å². The summed E-state index contributed by atoms with van der Waals surface area (Å²) in [7, 11) is 1.57. The van der Waals surface area contributed by atoms with Crippen molar-refractivity contribution in [3.8, 4) is 5.75 Å². The van der Waals surface area contributed by atoms with Crippen LogP contribution in [0.25, 0.3) is 0 Å². The van der Waals surface area contributed by atoms with Gasteiger partial charge in [-0.25, -0.2) is 0 Å². The van der Waals surface area contributed by atoms with Crippen LogP contribution in [-0.4, -0.2) is 12.9 Å². The van der Waals surface area contributed by atoms with E-state index in [9.17, 15) is 4.79 Å². The maximum Gasteiger partial charge on any atom is 0.206 e. The molecule has 0 unspecified atom stereocenters. The second kappa shape index (κ2) is 5.02. The van der Waals surface area contributed by atoms with Crippen molar-refractivity contribution in [3.63, 3.8) is 0 Å². The summed E-state index contributed by atoms with van der Waals surface area (Å²) in [4.78, 5) is 13.0. The van der Waals surface area contributed by atoms with Gasteiger partial charge >= 0.3 is 0 Å². The molecule has 0 aliphatic carbocycles. The molecule has 0 aliphatic rings. The van der Waals surface area contributed by atoms with Gasteiger partial charge in [0, 0.05) is 0 Å². The van der Waals surface area contributed by atoms with Gasteiger partial charge in [-0.05, 0) is 46.6 Å². The van der Waals surface area contributed by atoms with Gasteiger partial charge in [0.2, 0.25) is 5.78 Å². The fourth-order valence-electron chi connectivity index (χ4n) is 1.54. The molecule has 2 aromatic rings. The van der Waals surface area contributed by atoms with Crippen LogP contribution in [0.5, 0.6) is 5.75 Å². The number of carbonyl (C=O) groups is 1. The summed E-state index contributed by atoms with van der Waals surface area (Å²) >= 11 is 4.88. The zero-order valence-corrected chi connectivity index (χ0v) is 11.9. The molecular weight excluding hydrogens is 300 g/mol. The Balaban J connectivity index is 2.43. The van der Waals surface area contributed by atoms with Crippen LogP contribution in [0.1, 0.15) is 20.8 Å². The summed E-state index contributed by atoms with van der Waals surface area (Å²) < 4.78 is 6.19. The molecule has 1 heterocycles. The van der Waals surface area contributed by atoms with Crippen molar-refractivity contribution >= 4 is 33.0 Å². The van der Waals surface area contributed by atoms with Crippen molar-refractivity contribution in [2.45, 2.75) is 6.92 Å². The van der Waals surface area contributed by atoms with Crippen molar-refractivity contribution < 1.29 is 9.53 Å². The number of thiophene rings is 1. The standard InChI is InChI=1S/C13H11BrO2S/c1-8-7-11(17-13(8)14)12(15)9-5-3-4-6-10(9)16-2/h3-7H,1-2H3. The third-order valence-corrected chi connectivity index (χ3v) is 4.57. The molecule has 0 atom stereocenters. The molecule has 0 spiro atoms. The van der Waals surface area contributed by atoms with E-state index >= 15 is 0 Å². The first-order chi connectivity index (χ1) is 8.13. The third-order valence-electron chi connectivity index (χ3n) is 2.43. The number of aryl methyl sites for hydroxylation is 1. The molecule has 4 heteroatoms. The zero-order chi connectivity index (χ0) is 12.4. The maximum absolute atomic E-state index is 12.3. The Morgan fingerprint density at radius 3 is 2.65 bits per heavy atom. The minimum atomic E-state index is 0.00116. The first kappa shape index (κ1) is 12.3. The van der Waals surface area contributed by atoms with Crippen LogP contribution in [0.4, 0.5) is 0 Å². The van der Waals surface area contributed by atoms with E-state index in [0.29, 0.717) is 11.3 Å². The van der Waals surface area contributed by atoms with E-state index in [1.807, 2.05) is 25.1 Å². The van der Waals surface area contributed by atoms with Crippen molar-refractivity contribution in [1.82, 2.24) is 0 Å². The minimum absolute atomic E-state index is 0.00116. The van der Waals surface area contributed by atoms with Crippen molar-refractivity contribution in [2.75, 3.05) is 7.11 Å². The van der Waals surface area contributed by atoms with Gasteiger partial charge < -0.3 is 4.74 Å². The van der Waals surface area contributed by atoms with Crippen molar-refractivity contribution in [2.24, 2.45) is 0 Å². The molecule has 0 aliphatic heterocycles. The molecular formula is C13H11BrO2S. The number of ether oxygens (including phenoxy) is 1. The molecule has 17 heavy (non-hydrogen) atoms. The van der Waals surface area contributed by atoms with Gasteiger partial charge in [-0.15, -0.1) is 11.3 Å². The number of rotatable bonds is 3. The van der Waals surface area contributed by atoms with Crippen LogP contribution >= 0.6 is 27.3 Å². The van der Waals surface area contributed by atoms with Gasteiger partial charge in [0.05, 0.1) is 21.3 Å². The van der Waals surface area contributed by atoms with Crippen LogP contribution in [0.3, 0.4) is 0 Å². The lowest BCUT2D eigenvalue weighted by Gasteiger charge is -2.05. The number of methoxy groups -OCH3 is 1. The number of ketones is 1. The quantitative estimate of drug-likeness (QED) is 0.799. The molecule has 2 nitrogen and oxygen atoms in total. The smallest absolute Gasteiger partial charge is 0.206 e. The zero-order valence-electron chi connectivity index (χ0n) is 9.49. The SMILES string of the molecule is COc1ccccc1C(=O)c1cc(C)c(Br)s1. The first-order valence-corrected chi connectivity index (χ1v) is 6.68. The van der Waals surface area contributed by atoms with Gasteiger partial charge in [-0.1, -0.05) is 12.1 Å². The predicted molar refractivity (Wildman–Crippen MR) is 73.2 cm³/mol. The number of carbonyl (C=O) groups excluding carboxylic acids is 1. The Bertz CT molecular complexity index is 541. The second-order valence-electron chi connectivity index (χ2n) is 3.60. The van der Waals surface area contributed by atoms with Crippen molar-refractivity contribution in [1.29, 1.82) is 0 Å². The summed E-state index contributed by atoms with van der Waals surface area (Å²) in [5.74, 6) is 0.612. The number of halogens is 1. The second-order valence-corrected chi connectivity index (χ2v) is 5.97. The van der Waals surface area contributed by atoms with Crippen LogP contribution in [-0.2, 0) is 0 Å². The Labute approximate surface area is 112 Å². The molecule has 0 radical (unpaired) electrons. The molecule has 0 saturated heterocycles. The Morgan fingerprint density at radius 1 is 1.35 bits per heavy atom. The lowest BCUT2D eigenvalue weighted by atomic mass is 10.1. The number of para-hydroxylation sites is 1. The van der Waals surface area contributed by atoms with Gasteiger partial charge in [-0.3, -0.25) is 4.79 Å². The predicted octanol–water partition coefficient (Wildman–Crippen LogP) is 4.06. The van der Waals surface area contributed by atoms with Gasteiger partial charge in [0.1, 0.15) is 5.75 Å². The number of hydrogen-bond acceptors (Lipinski definition) is 3. The highest BCUT2D eigenvalue weighted by Gasteiger charge is 2.16. The van der Waals surface area contributed by atoms with Crippen LogP contribution in [0, 0.1) is 6.92 Å². The molecule has 0 N–H and O–H groups in total. The average Bonchev–Trinajstić information content (AvgIpc) is 2.68. The van der Waals surface area contributed by atoms with Crippen LogP contribution in [0.2, 0.25) is 0 Å². The van der Waals surface area contributed by atoms with E-state index < -0.39 is 0 Å². The molecule has 1 aromatic heterocycles. The van der Waals surface area contributed by atoms with Gasteiger partial charge in [0.25, 0.3) is 0 Å². The number of benzene rings is 1. The largest absolute Gasteiger partial charge is 0.496 e. The van der Waals surface area contributed by atoms with E-state index in [-0.39, 0.29) is 5.78 Å². The fraction of sp³-hybridized carbons (Fsp3) is 0.154. The van der Waals surface area contributed by atoms with E-state index in [0.717, 1.165) is 14.2 Å². The Kier molecular flexibility index (Phi) is 3.64. The first-order valence-electron chi connectivity index (χ1n) is 5.07. The molecule has 88 valence electrons. The van der Waals surface area contributed by atoms with Gasteiger partial charge in [0.15, 0.2) is 0 Å². The molecule has 1 aromatic carbocycles.